The third-order valence-electron chi connectivity index (χ3n) is 6.93. The number of rotatable bonds is 2. The lowest BCUT2D eigenvalue weighted by molar-refractivity contribution is -0.0160. The number of nitriles is 1. The molecule has 0 aromatic rings. The zero-order valence-electron chi connectivity index (χ0n) is 13.1. The van der Waals surface area contributed by atoms with Crippen LogP contribution in [0.15, 0.2) is 0 Å². The van der Waals surface area contributed by atoms with Crippen LogP contribution in [0, 0.1) is 34.5 Å². The molecule has 1 nitrogen and oxygen atoms in total. The minimum Gasteiger partial charge on any atom is -0.198 e. The van der Waals surface area contributed by atoms with Crippen LogP contribution in [0.25, 0.3) is 0 Å². The first-order valence-corrected chi connectivity index (χ1v) is 9.25. The van der Waals surface area contributed by atoms with Gasteiger partial charge in [-0.3, -0.25) is 0 Å². The van der Waals surface area contributed by atoms with Crippen LogP contribution in [-0.4, -0.2) is 0 Å². The molecular formula is C19H31N. The van der Waals surface area contributed by atoms with Crippen molar-refractivity contribution >= 4 is 0 Å². The molecular weight excluding hydrogens is 242 g/mol. The Kier molecular flexibility index (Phi) is 4.69. The van der Waals surface area contributed by atoms with E-state index in [1.54, 1.807) is 0 Å². The van der Waals surface area contributed by atoms with Gasteiger partial charge in [0.05, 0.1) is 6.07 Å². The quantitative estimate of drug-likeness (QED) is 0.619. The highest BCUT2D eigenvalue weighted by molar-refractivity contribution is 4.98. The molecule has 1 heteroatoms. The third-order valence-corrected chi connectivity index (χ3v) is 6.93. The Morgan fingerprint density at radius 2 is 1.20 bits per heavy atom. The molecule has 3 aliphatic rings. The van der Waals surface area contributed by atoms with Gasteiger partial charge in [0.2, 0.25) is 0 Å². The maximum atomic E-state index is 9.15. The fourth-order valence-electron chi connectivity index (χ4n) is 5.83. The number of hydrogen-bond acceptors (Lipinski definition) is 1. The van der Waals surface area contributed by atoms with Gasteiger partial charge in [-0.25, -0.2) is 0 Å². The van der Waals surface area contributed by atoms with E-state index in [-0.39, 0.29) is 0 Å². The van der Waals surface area contributed by atoms with E-state index in [0.29, 0.717) is 11.3 Å². The van der Waals surface area contributed by atoms with Crippen LogP contribution in [0.3, 0.4) is 0 Å². The van der Waals surface area contributed by atoms with Gasteiger partial charge < -0.3 is 0 Å². The first kappa shape index (κ1) is 14.4. The van der Waals surface area contributed by atoms with Gasteiger partial charge in [0, 0.05) is 5.92 Å². The van der Waals surface area contributed by atoms with Crippen molar-refractivity contribution in [3.05, 3.63) is 0 Å². The predicted molar refractivity (Wildman–Crippen MR) is 83.2 cm³/mol. The first-order valence-electron chi connectivity index (χ1n) is 9.25. The van der Waals surface area contributed by atoms with Crippen molar-refractivity contribution < 1.29 is 0 Å². The summed E-state index contributed by atoms with van der Waals surface area (Å²) in [6.45, 7) is 0. The summed E-state index contributed by atoms with van der Waals surface area (Å²) in [6.07, 6.45) is 20.0. The van der Waals surface area contributed by atoms with E-state index in [2.05, 4.69) is 6.07 Å². The maximum Gasteiger partial charge on any atom is 0.0655 e. The molecule has 3 saturated carbocycles. The van der Waals surface area contributed by atoms with Gasteiger partial charge in [0.15, 0.2) is 0 Å². The van der Waals surface area contributed by atoms with E-state index in [1.165, 1.54) is 89.9 Å². The highest BCUT2D eigenvalue weighted by Gasteiger charge is 2.46. The summed E-state index contributed by atoms with van der Waals surface area (Å²) in [6, 6.07) is 2.52. The van der Waals surface area contributed by atoms with E-state index in [1.807, 2.05) is 0 Å². The SMILES string of the molecule is N#CC1CCC(C2(C3CCCCC3)CCCCC2)CC1. The average Bonchev–Trinajstić information content (AvgIpc) is 2.56. The Balaban J connectivity index is 1.73. The summed E-state index contributed by atoms with van der Waals surface area (Å²) in [4.78, 5) is 0. The lowest BCUT2D eigenvalue weighted by Gasteiger charge is -2.52. The molecule has 3 aliphatic carbocycles. The average molecular weight is 273 g/mol. The van der Waals surface area contributed by atoms with Crippen molar-refractivity contribution in [2.75, 3.05) is 0 Å². The van der Waals surface area contributed by atoms with Gasteiger partial charge in [0.25, 0.3) is 0 Å². The van der Waals surface area contributed by atoms with Gasteiger partial charge in [-0.1, -0.05) is 38.5 Å². The standard InChI is InChI=1S/C19H31N/c20-15-16-9-11-18(12-10-16)19(13-5-2-6-14-19)17-7-3-1-4-8-17/h16-18H,1-14H2. The van der Waals surface area contributed by atoms with Gasteiger partial charge in [0.1, 0.15) is 0 Å². The lowest BCUT2D eigenvalue weighted by atomic mass is 9.53. The fraction of sp³-hybridized carbons (Fsp3) is 0.947. The maximum absolute atomic E-state index is 9.15. The fourth-order valence-corrected chi connectivity index (χ4v) is 5.83. The molecule has 0 saturated heterocycles. The molecule has 0 aromatic carbocycles. The zero-order chi connectivity index (χ0) is 13.8. The minimum atomic E-state index is 0.373. The molecule has 0 heterocycles. The van der Waals surface area contributed by atoms with Crippen molar-refractivity contribution in [3.8, 4) is 6.07 Å². The number of nitrogens with zero attached hydrogens (tertiary/aromatic N) is 1. The summed E-state index contributed by atoms with van der Waals surface area (Å²) in [5.41, 5.74) is 0.694. The molecule has 0 bridgehead atoms. The van der Waals surface area contributed by atoms with Crippen molar-refractivity contribution in [2.24, 2.45) is 23.2 Å². The molecule has 112 valence electrons. The van der Waals surface area contributed by atoms with Crippen LogP contribution in [0.2, 0.25) is 0 Å². The van der Waals surface area contributed by atoms with E-state index < -0.39 is 0 Å². The Morgan fingerprint density at radius 3 is 1.80 bits per heavy atom. The van der Waals surface area contributed by atoms with E-state index in [0.717, 1.165) is 11.8 Å². The first-order chi connectivity index (χ1) is 9.85. The molecule has 0 spiro atoms. The van der Waals surface area contributed by atoms with Crippen LogP contribution in [-0.2, 0) is 0 Å². The predicted octanol–water partition coefficient (Wildman–Crippen LogP) is 5.85. The van der Waals surface area contributed by atoms with Crippen LogP contribution >= 0.6 is 0 Å². The van der Waals surface area contributed by atoms with Crippen LogP contribution < -0.4 is 0 Å². The molecule has 3 rings (SSSR count). The molecule has 0 unspecified atom stereocenters. The monoisotopic (exact) mass is 273 g/mol. The van der Waals surface area contributed by atoms with E-state index >= 15 is 0 Å². The van der Waals surface area contributed by atoms with Gasteiger partial charge in [-0.2, -0.15) is 5.26 Å². The molecule has 20 heavy (non-hydrogen) atoms. The van der Waals surface area contributed by atoms with Crippen molar-refractivity contribution in [1.29, 1.82) is 5.26 Å². The van der Waals surface area contributed by atoms with Gasteiger partial charge in [-0.05, 0) is 68.6 Å². The van der Waals surface area contributed by atoms with Crippen molar-refractivity contribution in [3.63, 3.8) is 0 Å². The lowest BCUT2D eigenvalue weighted by Crippen LogP contribution is -2.42. The van der Waals surface area contributed by atoms with Crippen LogP contribution in [0.5, 0.6) is 0 Å². The largest absolute Gasteiger partial charge is 0.198 e. The topological polar surface area (TPSA) is 23.8 Å². The van der Waals surface area contributed by atoms with Crippen LogP contribution in [0.4, 0.5) is 0 Å². The molecule has 0 aliphatic heterocycles. The second kappa shape index (κ2) is 6.50. The summed E-state index contributed by atoms with van der Waals surface area (Å²) in [5, 5.41) is 9.15. The Bertz CT molecular complexity index is 333. The van der Waals surface area contributed by atoms with E-state index in [4.69, 9.17) is 5.26 Å². The van der Waals surface area contributed by atoms with Crippen LogP contribution in [0.1, 0.15) is 89.9 Å². The van der Waals surface area contributed by atoms with Crippen molar-refractivity contribution in [1.82, 2.24) is 0 Å². The second-order valence-corrected chi connectivity index (χ2v) is 7.81. The zero-order valence-corrected chi connectivity index (χ0v) is 13.1. The summed E-state index contributed by atoms with van der Waals surface area (Å²) < 4.78 is 0. The third kappa shape index (κ3) is 2.76. The minimum absolute atomic E-state index is 0.373. The Hall–Kier alpha value is -0.510. The molecule has 0 aromatic heterocycles. The summed E-state index contributed by atoms with van der Waals surface area (Å²) in [7, 11) is 0. The molecule has 0 atom stereocenters. The van der Waals surface area contributed by atoms with Gasteiger partial charge >= 0.3 is 0 Å². The molecule has 0 amide bonds. The summed E-state index contributed by atoms with van der Waals surface area (Å²) in [5.74, 6) is 2.36. The van der Waals surface area contributed by atoms with E-state index in [9.17, 15) is 0 Å². The number of hydrogen-bond donors (Lipinski definition) is 0. The molecule has 3 fully saturated rings. The normalized spacial score (nSPS) is 35.4. The highest BCUT2D eigenvalue weighted by atomic mass is 14.5. The van der Waals surface area contributed by atoms with Crippen molar-refractivity contribution in [2.45, 2.75) is 89.9 Å². The van der Waals surface area contributed by atoms with Gasteiger partial charge in [-0.15, -0.1) is 0 Å². The molecule has 0 N–H and O–H groups in total. The Labute approximate surface area is 125 Å². The second-order valence-electron chi connectivity index (χ2n) is 7.81. The smallest absolute Gasteiger partial charge is 0.0655 e. The Morgan fingerprint density at radius 1 is 0.650 bits per heavy atom. The summed E-state index contributed by atoms with van der Waals surface area (Å²) >= 11 is 0. The molecule has 0 radical (unpaired) electrons. The highest BCUT2D eigenvalue weighted by Crippen LogP contribution is 2.56.